The SMILES string of the molecule is CC(C)c1ncc(C(=O)NC2(CC(=O)O)CCOCC2)[nH]1. The van der Waals surface area contributed by atoms with Gasteiger partial charge in [0.25, 0.3) is 5.91 Å². The molecule has 0 unspecified atom stereocenters. The highest BCUT2D eigenvalue weighted by atomic mass is 16.5. The number of aromatic nitrogens is 2. The van der Waals surface area contributed by atoms with Gasteiger partial charge in [-0.2, -0.15) is 0 Å². The Balaban J connectivity index is 2.11. The van der Waals surface area contributed by atoms with Crippen molar-refractivity contribution in [2.45, 2.75) is 44.6 Å². The van der Waals surface area contributed by atoms with Gasteiger partial charge >= 0.3 is 5.97 Å². The molecule has 7 heteroatoms. The number of imidazole rings is 1. The average molecular weight is 295 g/mol. The number of hydrogen-bond acceptors (Lipinski definition) is 4. The van der Waals surface area contributed by atoms with Crippen LogP contribution >= 0.6 is 0 Å². The number of carbonyl (C=O) groups is 2. The second kappa shape index (κ2) is 6.26. The van der Waals surface area contributed by atoms with E-state index in [1.165, 1.54) is 6.20 Å². The molecule has 3 N–H and O–H groups in total. The maximum Gasteiger partial charge on any atom is 0.305 e. The van der Waals surface area contributed by atoms with Gasteiger partial charge in [-0.25, -0.2) is 4.98 Å². The minimum absolute atomic E-state index is 0.104. The largest absolute Gasteiger partial charge is 0.481 e. The van der Waals surface area contributed by atoms with Gasteiger partial charge in [0.1, 0.15) is 11.5 Å². The van der Waals surface area contributed by atoms with Crippen LogP contribution < -0.4 is 5.32 Å². The van der Waals surface area contributed by atoms with E-state index in [1.807, 2.05) is 13.8 Å². The molecule has 0 radical (unpaired) electrons. The minimum atomic E-state index is -0.926. The highest BCUT2D eigenvalue weighted by Crippen LogP contribution is 2.25. The monoisotopic (exact) mass is 295 g/mol. The van der Waals surface area contributed by atoms with Crippen LogP contribution in [0.3, 0.4) is 0 Å². The smallest absolute Gasteiger partial charge is 0.305 e. The van der Waals surface area contributed by atoms with Gasteiger partial charge in [-0.15, -0.1) is 0 Å². The minimum Gasteiger partial charge on any atom is -0.481 e. The summed E-state index contributed by atoms with van der Waals surface area (Å²) in [5.41, 5.74) is -0.389. The Labute approximate surface area is 123 Å². The number of nitrogens with zero attached hydrogens (tertiary/aromatic N) is 1. The van der Waals surface area contributed by atoms with Gasteiger partial charge in [-0.3, -0.25) is 9.59 Å². The van der Waals surface area contributed by atoms with Crippen molar-refractivity contribution in [3.63, 3.8) is 0 Å². The molecule has 7 nitrogen and oxygen atoms in total. The Morgan fingerprint density at radius 2 is 2.14 bits per heavy atom. The van der Waals surface area contributed by atoms with Crippen LogP contribution in [-0.4, -0.2) is 45.7 Å². The van der Waals surface area contributed by atoms with Crippen molar-refractivity contribution < 1.29 is 19.4 Å². The molecule has 1 amide bonds. The summed E-state index contributed by atoms with van der Waals surface area (Å²) in [6.07, 6.45) is 2.37. The van der Waals surface area contributed by atoms with E-state index < -0.39 is 11.5 Å². The second-order valence-electron chi connectivity index (χ2n) is 5.75. The Morgan fingerprint density at radius 1 is 1.48 bits per heavy atom. The van der Waals surface area contributed by atoms with Gasteiger partial charge in [0, 0.05) is 19.1 Å². The Hall–Kier alpha value is -1.89. The predicted molar refractivity (Wildman–Crippen MR) is 75.2 cm³/mol. The lowest BCUT2D eigenvalue weighted by Crippen LogP contribution is -2.53. The molecule has 116 valence electrons. The van der Waals surface area contributed by atoms with Gasteiger partial charge < -0.3 is 20.1 Å². The molecule has 1 aromatic rings. The molecule has 0 bridgehead atoms. The molecule has 0 spiro atoms. The summed E-state index contributed by atoms with van der Waals surface area (Å²) in [7, 11) is 0. The maximum atomic E-state index is 12.3. The first-order valence-electron chi connectivity index (χ1n) is 7.09. The van der Waals surface area contributed by atoms with Crippen molar-refractivity contribution in [1.29, 1.82) is 0 Å². The van der Waals surface area contributed by atoms with Gasteiger partial charge in [-0.05, 0) is 12.8 Å². The zero-order valence-electron chi connectivity index (χ0n) is 12.3. The molecule has 0 saturated carbocycles. The van der Waals surface area contributed by atoms with Crippen LogP contribution in [0, 0.1) is 0 Å². The van der Waals surface area contributed by atoms with Crippen LogP contribution in [0.5, 0.6) is 0 Å². The van der Waals surface area contributed by atoms with Crippen molar-refractivity contribution in [2.75, 3.05) is 13.2 Å². The molecule has 1 aliphatic rings. The number of hydrogen-bond donors (Lipinski definition) is 3. The van der Waals surface area contributed by atoms with E-state index >= 15 is 0 Å². The van der Waals surface area contributed by atoms with E-state index in [0.717, 1.165) is 5.82 Å². The topological polar surface area (TPSA) is 104 Å². The first-order valence-corrected chi connectivity index (χ1v) is 7.09. The molecule has 1 saturated heterocycles. The van der Waals surface area contributed by atoms with Crippen molar-refractivity contribution >= 4 is 11.9 Å². The lowest BCUT2D eigenvalue weighted by molar-refractivity contribution is -0.139. The summed E-state index contributed by atoms with van der Waals surface area (Å²) < 4.78 is 5.26. The predicted octanol–water partition coefficient (Wildman–Crippen LogP) is 1.29. The molecular weight excluding hydrogens is 274 g/mol. The lowest BCUT2D eigenvalue weighted by atomic mass is 9.86. The van der Waals surface area contributed by atoms with Crippen LogP contribution in [0.4, 0.5) is 0 Å². The third kappa shape index (κ3) is 3.81. The van der Waals surface area contributed by atoms with Crippen LogP contribution in [0.1, 0.15) is 55.3 Å². The number of carboxylic acids is 1. The fraction of sp³-hybridized carbons (Fsp3) is 0.643. The van der Waals surface area contributed by atoms with E-state index in [-0.39, 0.29) is 18.2 Å². The third-order valence-corrected chi connectivity index (χ3v) is 3.71. The molecule has 0 aliphatic carbocycles. The molecule has 1 fully saturated rings. The Morgan fingerprint density at radius 3 is 2.67 bits per heavy atom. The number of ether oxygens (including phenoxy) is 1. The molecule has 0 atom stereocenters. The molecule has 2 rings (SSSR count). The van der Waals surface area contributed by atoms with Gasteiger partial charge in [-0.1, -0.05) is 13.8 Å². The summed E-state index contributed by atoms with van der Waals surface area (Å²) in [5.74, 6) is -0.316. The van der Waals surface area contributed by atoms with Crippen LogP contribution in [0.2, 0.25) is 0 Å². The zero-order valence-corrected chi connectivity index (χ0v) is 12.3. The number of aliphatic carboxylic acids is 1. The molecule has 2 heterocycles. The number of nitrogens with one attached hydrogen (secondary N) is 2. The van der Waals surface area contributed by atoms with Crippen molar-refractivity contribution in [3.05, 3.63) is 17.7 Å². The number of rotatable bonds is 5. The quantitative estimate of drug-likeness (QED) is 0.759. The first-order chi connectivity index (χ1) is 9.92. The molecule has 21 heavy (non-hydrogen) atoms. The van der Waals surface area contributed by atoms with Gasteiger partial charge in [0.05, 0.1) is 18.2 Å². The molecule has 1 aliphatic heterocycles. The summed E-state index contributed by atoms with van der Waals surface area (Å²) in [5, 5.41) is 11.9. The summed E-state index contributed by atoms with van der Waals surface area (Å²) in [6.45, 7) is 4.86. The van der Waals surface area contributed by atoms with Crippen molar-refractivity contribution in [1.82, 2.24) is 15.3 Å². The summed E-state index contributed by atoms with van der Waals surface area (Å²) >= 11 is 0. The Kier molecular flexibility index (Phi) is 4.62. The fourth-order valence-electron chi connectivity index (χ4n) is 2.45. The van der Waals surface area contributed by atoms with E-state index in [4.69, 9.17) is 9.84 Å². The van der Waals surface area contributed by atoms with Crippen molar-refractivity contribution in [2.24, 2.45) is 0 Å². The molecule has 1 aromatic heterocycles. The van der Waals surface area contributed by atoms with Gasteiger partial charge in [0.2, 0.25) is 0 Å². The zero-order chi connectivity index (χ0) is 15.5. The van der Waals surface area contributed by atoms with Crippen LogP contribution in [-0.2, 0) is 9.53 Å². The number of aromatic amines is 1. The maximum absolute atomic E-state index is 12.3. The van der Waals surface area contributed by atoms with E-state index in [0.29, 0.717) is 31.7 Å². The third-order valence-electron chi connectivity index (χ3n) is 3.71. The molecular formula is C14H21N3O4. The van der Waals surface area contributed by atoms with Gasteiger partial charge in [0.15, 0.2) is 0 Å². The van der Waals surface area contributed by atoms with E-state index in [9.17, 15) is 9.59 Å². The number of carbonyl (C=O) groups excluding carboxylic acids is 1. The van der Waals surface area contributed by atoms with E-state index in [2.05, 4.69) is 15.3 Å². The van der Waals surface area contributed by atoms with Crippen LogP contribution in [0.25, 0.3) is 0 Å². The number of amides is 1. The number of carboxylic acid groups (broad SMARTS) is 1. The normalized spacial score (nSPS) is 17.7. The first kappa shape index (κ1) is 15.5. The second-order valence-corrected chi connectivity index (χ2v) is 5.75. The summed E-state index contributed by atoms with van der Waals surface area (Å²) in [4.78, 5) is 30.5. The number of H-pyrrole nitrogens is 1. The van der Waals surface area contributed by atoms with Crippen molar-refractivity contribution in [3.8, 4) is 0 Å². The van der Waals surface area contributed by atoms with Crippen LogP contribution in [0.15, 0.2) is 6.20 Å². The summed E-state index contributed by atoms with van der Waals surface area (Å²) in [6, 6.07) is 0. The standard InChI is InChI=1S/C14H21N3O4/c1-9(2)12-15-8-10(16-12)13(20)17-14(7-11(18)19)3-5-21-6-4-14/h8-9H,3-7H2,1-2H3,(H,15,16)(H,17,20)(H,18,19). The van der Waals surface area contributed by atoms with E-state index in [1.54, 1.807) is 0 Å². The highest BCUT2D eigenvalue weighted by Gasteiger charge is 2.37. The fourth-order valence-corrected chi connectivity index (χ4v) is 2.45. The molecule has 0 aromatic carbocycles. The Bertz CT molecular complexity index is 518. The lowest BCUT2D eigenvalue weighted by Gasteiger charge is -2.36. The highest BCUT2D eigenvalue weighted by molar-refractivity contribution is 5.93. The average Bonchev–Trinajstić information content (AvgIpc) is 2.88.